The van der Waals surface area contributed by atoms with E-state index in [1.807, 2.05) is 6.08 Å². The topological polar surface area (TPSA) is 37.3 Å². The molecule has 0 aromatic heterocycles. The maximum Gasteiger partial charge on any atom is 0.155 e. The molecule has 0 aromatic carbocycles. The Kier molecular flexibility index (Phi) is 3.29. The number of carbonyl (C=O) groups is 1. The van der Waals surface area contributed by atoms with Gasteiger partial charge in [0.2, 0.25) is 0 Å². The minimum absolute atomic E-state index is 0.0571. The normalized spacial score (nSPS) is 49.1. The summed E-state index contributed by atoms with van der Waals surface area (Å²) >= 11 is 0. The maximum atomic E-state index is 11.7. The first-order chi connectivity index (χ1) is 10.2. The smallest absolute Gasteiger partial charge is 0.155 e. The Labute approximate surface area is 128 Å². The Morgan fingerprint density at radius 3 is 2.81 bits per heavy atom. The summed E-state index contributed by atoms with van der Waals surface area (Å²) in [5.41, 5.74) is 1.70. The zero-order chi connectivity index (χ0) is 14.6. The van der Waals surface area contributed by atoms with Crippen molar-refractivity contribution in [2.75, 3.05) is 0 Å². The molecule has 1 unspecified atom stereocenters. The first-order valence-electron chi connectivity index (χ1n) is 9.07. The quantitative estimate of drug-likeness (QED) is 0.795. The molecule has 0 saturated heterocycles. The molecular formula is C19H28O2. The summed E-state index contributed by atoms with van der Waals surface area (Å²) in [6.07, 6.45) is 12.1. The molecule has 0 amide bonds. The van der Waals surface area contributed by atoms with Crippen LogP contribution < -0.4 is 0 Å². The van der Waals surface area contributed by atoms with Crippen molar-refractivity contribution < 1.29 is 9.90 Å². The third kappa shape index (κ3) is 1.91. The lowest BCUT2D eigenvalue weighted by molar-refractivity contribution is -0.116. The van der Waals surface area contributed by atoms with E-state index in [0.29, 0.717) is 11.7 Å². The van der Waals surface area contributed by atoms with Crippen LogP contribution in [0.2, 0.25) is 0 Å². The summed E-state index contributed by atoms with van der Waals surface area (Å²) in [6, 6.07) is 0. The zero-order valence-electron chi connectivity index (χ0n) is 13.2. The number of hydrogen-bond acceptors (Lipinski definition) is 2. The largest absolute Gasteiger partial charge is 0.393 e. The lowest BCUT2D eigenvalue weighted by Gasteiger charge is -2.54. The van der Waals surface area contributed by atoms with Gasteiger partial charge in [-0.3, -0.25) is 4.79 Å². The van der Waals surface area contributed by atoms with Gasteiger partial charge in [-0.25, -0.2) is 0 Å². The van der Waals surface area contributed by atoms with Crippen LogP contribution >= 0.6 is 0 Å². The maximum absolute atomic E-state index is 11.7. The fraction of sp³-hybridized carbons (Fsp3) is 0.842. The standard InChI is InChI=1S/C19H28O2/c1-2-19-10-9-15-14-6-4-13(20)11-12(14)3-5-16(15)17(19)7-8-18(19)21/h11,14-18,21H,2-10H2,1H3/t14-,15+,16+,17-,18-,19?/m0/s1. The highest BCUT2D eigenvalue weighted by atomic mass is 16.3. The molecule has 3 fully saturated rings. The first kappa shape index (κ1) is 14.0. The molecule has 0 bridgehead atoms. The van der Waals surface area contributed by atoms with Crippen LogP contribution in [0.5, 0.6) is 0 Å². The van der Waals surface area contributed by atoms with E-state index in [1.54, 1.807) is 0 Å². The van der Waals surface area contributed by atoms with Crippen LogP contribution in [0.3, 0.4) is 0 Å². The van der Waals surface area contributed by atoms with Crippen molar-refractivity contribution >= 4 is 5.78 Å². The number of carbonyl (C=O) groups excluding carboxylic acids is 1. The Bertz CT molecular complexity index is 480. The molecule has 0 aromatic rings. The van der Waals surface area contributed by atoms with Gasteiger partial charge in [-0.05, 0) is 86.5 Å². The van der Waals surface area contributed by atoms with Gasteiger partial charge in [0, 0.05) is 6.42 Å². The number of rotatable bonds is 1. The monoisotopic (exact) mass is 288 g/mol. The number of ketones is 1. The highest BCUT2D eigenvalue weighted by molar-refractivity contribution is 5.91. The second-order valence-electron chi connectivity index (χ2n) is 8.02. The van der Waals surface area contributed by atoms with E-state index in [4.69, 9.17) is 0 Å². The van der Waals surface area contributed by atoms with Crippen molar-refractivity contribution in [3.8, 4) is 0 Å². The minimum Gasteiger partial charge on any atom is -0.393 e. The summed E-state index contributed by atoms with van der Waals surface area (Å²) in [5.74, 6) is 3.40. The van der Waals surface area contributed by atoms with E-state index < -0.39 is 0 Å². The van der Waals surface area contributed by atoms with Crippen molar-refractivity contribution in [2.45, 2.75) is 70.8 Å². The van der Waals surface area contributed by atoms with E-state index in [0.717, 1.165) is 49.9 Å². The summed E-state index contributed by atoms with van der Waals surface area (Å²) in [7, 11) is 0. The van der Waals surface area contributed by atoms with Crippen LogP contribution in [0.25, 0.3) is 0 Å². The van der Waals surface area contributed by atoms with Crippen LogP contribution in [-0.4, -0.2) is 17.0 Å². The molecule has 1 N–H and O–H groups in total. The molecule has 0 aliphatic heterocycles. The van der Waals surface area contributed by atoms with Gasteiger partial charge in [-0.15, -0.1) is 0 Å². The number of hydrogen-bond donors (Lipinski definition) is 1. The Morgan fingerprint density at radius 2 is 2.00 bits per heavy atom. The van der Waals surface area contributed by atoms with Gasteiger partial charge in [0.05, 0.1) is 6.10 Å². The number of fused-ring (bicyclic) bond motifs is 5. The van der Waals surface area contributed by atoms with Crippen molar-refractivity contribution in [1.29, 1.82) is 0 Å². The number of aliphatic hydroxyl groups is 1. The van der Waals surface area contributed by atoms with Crippen LogP contribution in [0.4, 0.5) is 0 Å². The molecule has 21 heavy (non-hydrogen) atoms. The molecule has 3 saturated carbocycles. The van der Waals surface area contributed by atoms with Crippen LogP contribution in [0, 0.1) is 29.1 Å². The SMILES string of the molecule is CCC12CC[C@H]3[C@@H](CCC4=CC(=O)CC[C@@H]43)[C@@H]1CC[C@@H]2O. The van der Waals surface area contributed by atoms with Crippen molar-refractivity contribution in [3.05, 3.63) is 11.6 Å². The molecule has 4 aliphatic carbocycles. The van der Waals surface area contributed by atoms with Crippen LogP contribution in [-0.2, 0) is 4.79 Å². The molecule has 4 rings (SSSR count). The Morgan fingerprint density at radius 1 is 1.14 bits per heavy atom. The van der Waals surface area contributed by atoms with Gasteiger partial charge in [-0.2, -0.15) is 0 Å². The molecule has 2 heteroatoms. The third-order valence-electron chi connectivity index (χ3n) is 7.63. The van der Waals surface area contributed by atoms with E-state index in [2.05, 4.69) is 6.92 Å². The molecule has 0 radical (unpaired) electrons. The van der Waals surface area contributed by atoms with E-state index in [-0.39, 0.29) is 11.5 Å². The highest BCUT2D eigenvalue weighted by Gasteiger charge is 2.57. The predicted molar refractivity (Wildman–Crippen MR) is 82.7 cm³/mol. The molecule has 116 valence electrons. The molecule has 4 aliphatic rings. The van der Waals surface area contributed by atoms with Crippen LogP contribution in [0.15, 0.2) is 11.6 Å². The third-order valence-corrected chi connectivity index (χ3v) is 7.63. The lowest BCUT2D eigenvalue weighted by atomic mass is 9.51. The summed E-state index contributed by atoms with van der Waals surface area (Å²) in [6.45, 7) is 2.29. The van der Waals surface area contributed by atoms with Crippen molar-refractivity contribution in [1.82, 2.24) is 0 Å². The lowest BCUT2D eigenvalue weighted by Crippen LogP contribution is -2.48. The molecule has 0 heterocycles. The molecule has 2 nitrogen and oxygen atoms in total. The fourth-order valence-electron chi connectivity index (χ4n) is 6.64. The fourth-order valence-corrected chi connectivity index (χ4v) is 6.64. The number of aliphatic hydroxyl groups excluding tert-OH is 1. The van der Waals surface area contributed by atoms with E-state index >= 15 is 0 Å². The zero-order valence-corrected chi connectivity index (χ0v) is 13.2. The van der Waals surface area contributed by atoms with Crippen LogP contribution in [0.1, 0.15) is 64.7 Å². The highest BCUT2D eigenvalue weighted by Crippen LogP contribution is 2.62. The summed E-state index contributed by atoms with van der Waals surface area (Å²) < 4.78 is 0. The molecular weight excluding hydrogens is 260 g/mol. The van der Waals surface area contributed by atoms with Crippen molar-refractivity contribution in [2.24, 2.45) is 29.1 Å². The first-order valence-corrected chi connectivity index (χ1v) is 9.07. The van der Waals surface area contributed by atoms with Gasteiger partial charge in [-0.1, -0.05) is 12.5 Å². The molecule has 0 spiro atoms. The van der Waals surface area contributed by atoms with Gasteiger partial charge >= 0.3 is 0 Å². The Balaban J connectivity index is 1.64. The predicted octanol–water partition coefficient (Wildman–Crippen LogP) is 3.88. The second-order valence-corrected chi connectivity index (χ2v) is 8.02. The number of allylic oxidation sites excluding steroid dienone is 1. The average Bonchev–Trinajstić information content (AvgIpc) is 2.84. The van der Waals surface area contributed by atoms with Gasteiger partial charge < -0.3 is 5.11 Å². The van der Waals surface area contributed by atoms with E-state index in [1.165, 1.54) is 31.3 Å². The van der Waals surface area contributed by atoms with Gasteiger partial charge in [0.15, 0.2) is 5.78 Å². The van der Waals surface area contributed by atoms with Gasteiger partial charge in [0.1, 0.15) is 0 Å². The minimum atomic E-state index is -0.0571. The van der Waals surface area contributed by atoms with Gasteiger partial charge in [0.25, 0.3) is 0 Å². The van der Waals surface area contributed by atoms with E-state index in [9.17, 15) is 9.90 Å². The van der Waals surface area contributed by atoms with Crippen molar-refractivity contribution in [3.63, 3.8) is 0 Å². The average molecular weight is 288 g/mol. The molecule has 6 atom stereocenters. The Hall–Kier alpha value is -0.630. The second kappa shape index (κ2) is 4.94. The summed E-state index contributed by atoms with van der Waals surface area (Å²) in [5, 5.41) is 10.6. The summed E-state index contributed by atoms with van der Waals surface area (Å²) in [4.78, 5) is 11.7.